The molecule has 0 aromatic carbocycles. The van der Waals surface area contributed by atoms with E-state index in [9.17, 15) is 9.59 Å². The van der Waals surface area contributed by atoms with E-state index in [0.29, 0.717) is 32.0 Å². The molecule has 0 fully saturated rings. The normalized spacial score (nSPS) is 10.7. The fourth-order valence-corrected chi connectivity index (χ4v) is 2.02. The van der Waals surface area contributed by atoms with E-state index in [-0.39, 0.29) is 18.3 Å². The first kappa shape index (κ1) is 18.9. The number of rotatable bonds is 11. The van der Waals surface area contributed by atoms with Gasteiger partial charge in [-0.1, -0.05) is 26.7 Å². The molecule has 0 spiro atoms. The molecule has 0 aromatic rings. The Labute approximate surface area is 122 Å². The summed E-state index contributed by atoms with van der Waals surface area (Å²) in [6, 6.07) is 0. The second-order valence-electron chi connectivity index (χ2n) is 5.51. The lowest BCUT2D eigenvalue weighted by Crippen LogP contribution is -2.35. The minimum atomic E-state index is -0.269. The number of hydrogen-bond acceptors (Lipinski definition) is 4. The number of carbonyl (C=O) groups excluding carboxylic acids is 2. The Hall–Kier alpha value is -1.10. The molecule has 0 bridgehead atoms. The molecule has 0 rings (SSSR count). The summed E-state index contributed by atoms with van der Waals surface area (Å²) in [5.41, 5.74) is 5.44. The van der Waals surface area contributed by atoms with Gasteiger partial charge < -0.3 is 15.4 Å². The number of nitrogens with two attached hydrogens (primary N) is 1. The van der Waals surface area contributed by atoms with E-state index in [1.54, 1.807) is 4.90 Å². The van der Waals surface area contributed by atoms with Gasteiger partial charge in [0.2, 0.25) is 5.91 Å². The van der Waals surface area contributed by atoms with Gasteiger partial charge in [0.05, 0.1) is 13.5 Å². The molecule has 0 radical (unpaired) electrons. The van der Waals surface area contributed by atoms with Gasteiger partial charge in [0.25, 0.3) is 0 Å². The highest BCUT2D eigenvalue weighted by molar-refractivity contribution is 5.77. The fourth-order valence-electron chi connectivity index (χ4n) is 2.02. The van der Waals surface area contributed by atoms with Crippen LogP contribution in [-0.4, -0.2) is 43.5 Å². The van der Waals surface area contributed by atoms with Crippen LogP contribution in [-0.2, 0) is 14.3 Å². The van der Waals surface area contributed by atoms with Crippen LogP contribution in [0.3, 0.4) is 0 Å². The van der Waals surface area contributed by atoms with Crippen LogP contribution in [0.4, 0.5) is 0 Å². The molecule has 20 heavy (non-hydrogen) atoms. The molecule has 5 nitrogen and oxygen atoms in total. The predicted molar refractivity (Wildman–Crippen MR) is 80.2 cm³/mol. The number of esters is 1. The van der Waals surface area contributed by atoms with Crippen LogP contribution in [0.1, 0.15) is 52.4 Å². The maximum Gasteiger partial charge on any atom is 0.307 e. The monoisotopic (exact) mass is 286 g/mol. The zero-order valence-corrected chi connectivity index (χ0v) is 13.2. The summed E-state index contributed by atoms with van der Waals surface area (Å²) >= 11 is 0. The lowest BCUT2D eigenvalue weighted by molar-refractivity contribution is -0.141. The third-order valence-electron chi connectivity index (χ3n) is 3.10. The van der Waals surface area contributed by atoms with Crippen molar-refractivity contribution in [2.75, 3.05) is 26.7 Å². The predicted octanol–water partition coefficient (Wildman–Crippen LogP) is 1.94. The maximum atomic E-state index is 12.2. The van der Waals surface area contributed by atoms with Crippen molar-refractivity contribution in [1.29, 1.82) is 0 Å². The number of unbranched alkanes of at least 4 members (excludes halogenated alkanes) is 3. The molecule has 0 aromatic heterocycles. The number of methoxy groups -OCH3 is 1. The smallest absolute Gasteiger partial charge is 0.307 e. The molecule has 0 unspecified atom stereocenters. The van der Waals surface area contributed by atoms with Crippen LogP contribution in [0.5, 0.6) is 0 Å². The van der Waals surface area contributed by atoms with Gasteiger partial charge in [0, 0.05) is 19.5 Å². The number of carbonyl (C=O) groups is 2. The second kappa shape index (κ2) is 11.7. The Balaban J connectivity index is 4.10. The lowest BCUT2D eigenvalue weighted by atomic mass is 10.1. The first-order valence-electron chi connectivity index (χ1n) is 7.55. The molecule has 0 heterocycles. The molecular weight excluding hydrogens is 256 g/mol. The van der Waals surface area contributed by atoms with Gasteiger partial charge in [-0.2, -0.15) is 0 Å². The highest BCUT2D eigenvalue weighted by Gasteiger charge is 2.16. The standard InChI is InChI=1S/C15H30N2O3/c1-13(2)12-17(11-9-15(19)20-3)14(18)8-6-4-5-7-10-16/h13H,4-12,16H2,1-3H3. The van der Waals surface area contributed by atoms with Crippen molar-refractivity contribution < 1.29 is 14.3 Å². The molecular formula is C15H30N2O3. The van der Waals surface area contributed by atoms with E-state index in [2.05, 4.69) is 18.6 Å². The summed E-state index contributed by atoms with van der Waals surface area (Å²) in [6.45, 7) is 6.00. The minimum Gasteiger partial charge on any atom is -0.469 e. The molecule has 0 saturated carbocycles. The van der Waals surface area contributed by atoms with Gasteiger partial charge >= 0.3 is 5.97 Å². The van der Waals surface area contributed by atoms with Crippen molar-refractivity contribution in [2.45, 2.75) is 52.4 Å². The minimum absolute atomic E-state index is 0.135. The summed E-state index contributed by atoms with van der Waals surface area (Å²) in [5.74, 6) is 0.263. The van der Waals surface area contributed by atoms with E-state index < -0.39 is 0 Å². The highest BCUT2D eigenvalue weighted by atomic mass is 16.5. The summed E-state index contributed by atoms with van der Waals surface area (Å²) in [6.07, 6.45) is 4.85. The molecule has 2 N–H and O–H groups in total. The van der Waals surface area contributed by atoms with Crippen LogP contribution in [0.25, 0.3) is 0 Å². The quantitative estimate of drug-likeness (QED) is 0.465. The van der Waals surface area contributed by atoms with Crippen molar-refractivity contribution in [3.63, 3.8) is 0 Å². The highest BCUT2D eigenvalue weighted by Crippen LogP contribution is 2.08. The average Bonchev–Trinajstić information content (AvgIpc) is 2.42. The number of ether oxygens (including phenoxy) is 1. The fraction of sp³-hybridized carbons (Fsp3) is 0.867. The van der Waals surface area contributed by atoms with E-state index >= 15 is 0 Å². The molecule has 118 valence electrons. The Bertz CT molecular complexity index is 280. The topological polar surface area (TPSA) is 72.6 Å². The Morgan fingerprint density at radius 3 is 2.30 bits per heavy atom. The molecule has 0 aliphatic carbocycles. The summed E-state index contributed by atoms with van der Waals surface area (Å²) < 4.78 is 4.62. The molecule has 5 heteroatoms. The zero-order valence-electron chi connectivity index (χ0n) is 13.2. The van der Waals surface area contributed by atoms with E-state index in [4.69, 9.17) is 5.73 Å². The van der Waals surface area contributed by atoms with Gasteiger partial charge in [-0.15, -0.1) is 0 Å². The average molecular weight is 286 g/mol. The van der Waals surface area contributed by atoms with Crippen molar-refractivity contribution >= 4 is 11.9 Å². The second-order valence-corrected chi connectivity index (χ2v) is 5.51. The Kier molecular flexibility index (Phi) is 11.1. The molecule has 1 amide bonds. The number of amides is 1. The molecule has 0 aliphatic heterocycles. The zero-order chi connectivity index (χ0) is 15.4. The van der Waals surface area contributed by atoms with Crippen molar-refractivity contribution in [3.05, 3.63) is 0 Å². The van der Waals surface area contributed by atoms with Crippen LogP contribution in [0.2, 0.25) is 0 Å². The van der Waals surface area contributed by atoms with Gasteiger partial charge in [0.1, 0.15) is 0 Å². The molecule has 0 saturated heterocycles. The van der Waals surface area contributed by atoms with Crippen molar-refractivity contribution in [3.8, 4) is 0 Å². The third kappa shape index (κ3) is 9.78. The molecule has 0 aliphatic rings. The Morgan fingerprint density at radius 1 is 1.10 bits per heavy atom. The maximum absolute atomic E-state index is 12.2. The van der Waals surface area contributed by atoms with Crippen LogP contribution in [0, 0.1) is 5.92 Å². The first-order chi connectivity index (χ1) is 9.51. The summed E-state index contributed by atoms with van der Waals surface area (Å²) in [7, 11) is 1.37. The SMILES string of the molecule is COC(=O)CCN(CC(C)C)C(=O)CCCCCCN. The molecule has 0 atom stereocenters. The van der Waals surface area contributed by atoms with Crippen LogP contribution < -0.4 is 5.73 Å². The van der Waals surface area contributed by atoms with E-state index in [1.165, 1.54) is 7.11 Å². The third-order valence-corrected chi connectivity index (χ3v) is 3.10. The summed E-state index contributed by atoms with van der Waals surface area (Å²) in [4.78, 5) is 25.1. The van der Waals surface area contributed by atoms with Crippen molar-refractivity contribution in [1.82, 2.24) is 4.90 Å². The van der Waals surface area contributed by atoms with Gasteiger partial charge in [-0.25, -0.2) is 0 Å². The van der Waals surface area contributed by atoms with Crippen molar-refractivity contribution in [2.24, 2.45) is 11.7 Å². The van der Waals surface area contributed by atoms with E-state index in [1.807, 2.05) is 0 Å². The van der Waals surface area contributed by atoms with Crippen LogP contribution in [0.15, 0.2) is 0 Å². The van der Waals surface area contributed by atoms with Gasteiger partial charge in [0.15, 0.2) is 0 Å². The van der Waals surface area contributed by atoms with Gasteiger partial charge in [-0.05, 0) is 25.3 Å². The number of hydrogen-bond donors (Lipinski definition) is 1. The Morgan fingerprint density at radius 2 is 1.75 bits per heavy atom. The largest absolute Gasteiger partial charge is 0.469 e. The summed E-state index contributed by atoms with van der Waals surface area (Å²) in [5, 5.41) is 0. The van der Waals surface area contributed by atoms with Gasteiger partial charge in [-0.3, -0.25) is 9.59 Å². The van der Waals surface area contributed by atoms with Crippen LogP contribution >= 0.6 is 0 Å². The van der Waals surface area contributed by atoms with E-state index in [0.717, 1.165) is 25.7 Å². The lowest BCUT2D eigenvalue weighted by Gasteiger charge is -2.24. The first-order valence-corrected chi connectivity index (χ1v) is 7.55. The number of nitrogens with zero attached hydrogens (tertiary/aromatic N) is 1.